The molecule has 18 heavy (non-hydrogen) atoms. The first-order chi connectivity index (χ1) is 8.72. The van der Waals surface area contributed by atoms with Gasteiger partial charge in [0, 0.05) is 21.8 Å². The minimum Gasteiger partial charge on any atom is -0.399 e. The lowest BCUT2D eigenvalue weighted by atomic mass is 10.1. The van der Waals surface area contributed by atoms with Crippen molar-refractivity contribution in [3.05, 3.63) is 53.4 Å². The number of nitrogens with two attached hydrogens (primary N) is 1. The molecule has 0 atom stereocenters. The molecule has 2 aromatic carbocycles. The summed E-state index contributed by atoms with van der Waals surface area (Å²) in [4.78, 5) is 0. The van der Waals surface area contributed by atoms with E-state index in [2.05, 4.69) is 41.9 Å². The second-order valence-electron chi connectivity index (χ2n) is 4.37. The molecule has 0 aliphatic rings. The third kappa shape index (κ3) is 2.05. The van der Waals surface area contributed by atoms with Gasteiger partial charge in [-0.2, -0.15) is 0 Å². The van der Waals surface area contributed by atoms with Crippen molar-refractivity contribution < 1.29 is 0 Å². The molecule has 1 heterocycles. The van der Waals surface area contributed by atoms with E-state index in [-0.39, 0.29) is 0 Å². The fraction of sp³-hybridized carbons (Fsp3) is 0.0667. The second-order valence-corrected chi connectivity index (χ2v) is 5.32. The molecule has 3 aromatic rings. The molecule has 0 spiro atoms. The zero-order chi connectivity index (χ0) is 12.5. The van der Waals surface area contributed by atoms with E-state index in [0.29, 0.717) is 0 Å². The Morgan fingerprint density at radius 2 is 1.94 bits per heavy atom. The van der Waals surface area contributed by atoms with Crippen molar-refractivity contribution in [2.24, 2.45) is 0 Å². The number of hydrogen-bond donors (Lipinski definition) is 2. The lowest BCUT2D eigenvalue weighted by Gasteiger charge is -2.10. The van der Waals surface area contributed by atoms with Gasteiger partial charge in [0.2, 0.25) is 0 Å². The van der Waals surface area contributed by atoms with Gasteiger partial charge in [0.15, 0.2) is 0 Å². The summed E-state index contributed by atoms with van der Waals surface area (Å²) in [6, 6.07) is 14.5. The van der Waals surface area contributed by atoms with Crippen LogP contribution in [0.25, 0.3) is 10.1 Å². The molecule has 90 valence electrons. The smallest absolute Gasteiger partial charge is 0.0415 e. The maximum absolute atomic E-state index is 5.75. The lowest BCUT2D eigenvalue weighted by molar-refractivity contribution is 1.44. The van der Waals surface area contributed by atoms with Crippen molar-refractivity contribution >= 4 is 38.5 Å². The van der Waals surface area contributed by atoms with Crippen LogP contribution in [0.4, 0.5) is 17.1 Å². The fourth-order valence-corrected chi connectivity index (χ4v) is 2.80. The summed E-state index contributed by atoms with van der Waals surface area (Å²) >= 11 is 1.76. The normalized spacial score (nSPS) is 10.7. The number of fused-ring (bicyclic) bond motifs is 1. The molecule has 0 fully saturated rings. The van der Waals surface area contributed by atoms with Crippen LogP contribution in [0.5, 0.6) is 0 Å². The molecule has 0 aliphatic carbocycles. The van der Waals surface area contributed by atoms with Gasteiger partial charge in [-0.25, -0.2) is 0 Å². The molecule has 0 aliphatic heterocycles. The summed E-state index contributed by atoms with van der Waals surface area (Å²) in [6.45, 7) is 2.06. The Balaban J connectivity index is 1.95. The average molecular weight is 254 g/mol. The van der Waals surface area contributed by atoms with Gasteiger partial charge in [0.1, 0.15) is 0 Å². The quantitative estimate of drug-likeness (QED) is 0.659. The highest BCUT2D eigenvalue weighted by molar-refractivity contribution is 7.17. The Morgan fingerprint density at radius 3 is 2.78 bits per heavy atom. The number of aryl methyl sites for hydroxylation is 1. The van der Waals surface area contributed by atoms with Crippen LogP contribution in [0.15, 0.2) is 47.8 Å². The van der Waals surface area contributed by atoms with Gasteiger partial charge in [-0.05, 0) is 65.7 Å². The van der Waals surface area contributed by atoms with Crippen LogP contribution in [-0.4, -0.2) is 0 Å². The van der Waals surface area contributed by atoms with Crippen LogP contribution in [0.2, 0.25) is 0 Å². The van der Waals surface area contributed by atoms with Crippen LogP contribution in [0.3, 0.4) is 0 Å². The highest BCUT2D eigenvalue weighted by Crippen LogP contribution is 2.27. The van der Waals surface area contributed by atoms with Crippen molar-refractivity contribution in [3.63, 3.8) is 0 Å². The zero-order valence-electron chi connectivity index (χ0n) is 10.1. The molecule has 2 nitrogen and oxygen atoms in total. The van der Waals surface area contributed by atoms with Gasteiger partial charge in [0.05, 0.1) is 0 Å². The van der Waals surface area contributed by atoms with Gasteiger partial charge in [-0.3, -0.25) is 0 Å². The van der Waals surface area contributed by atoms with Gasteiger partial charge >= 0.3 is 0 Å². The van der Waals surface area contributed by atoms with Crippen molar-refractivity contribution in [1.82, 2.24) is 0 Å². The van der Waals surface area contributed by atoms with Gasteiger partial charge < -0.3 is 11.1 Å². The Bertz CT molecular complexity index is 701. The highest BCUT2D eigenvalue weighted by Gasteiger charge is 2.01. The molecule has 0 radical (unpaired) electrons. The summed E-state index contributed by atoms with van der Waals surface area (Å²) in [5, 5.41) is 6.82. The molecule has 0 saturated heterocycles. The van der Waals surface area contributed by atoms with Crippen LogP contribution >= 0.6 is 11.3 Å². The van der Waals surface area contributed by atoms with E-state index < -0.39 is 0 Å². The van der Waals surface area contributed by atoms with E-state index in [4.69, 9.17) is 5.73 Å². The molecule has 3 heteroatoms. The first-order valence-electron chi connectivity index (χ1n) is 5.83. The molecular formula is C15H14N2S. The topological polar surface area (TPSA) is 38.0 Å². The van der Waals surface area contributed by atoms with Crippen LogP contribution in [-0.2, 0) is 0 Å². The third-order valence-electron chi connectivity index (χ3n) is 2.98. The van der Waals surface area contributed by atoms with Crippen LogP contribution < -0.4 is 11.1 Å². The Kier molecular flexibility index (Phi) is 2.68. The van der Waals surface area contributed by atoms with E-state index in [9.17, 15) is 0 Å². The summed E-state index contributed by atoms with van der Waals surface area (Å²) in [5.41, 5.74) is 9.91. The third-order valence-corrected chi connectivity index (χ3v) is 3.88. The van der Waals surface area contributed by atoms with Crippen molar-refractivity contribution in [2.75, 3.05) is 11.1 Å². The average Bonchev–Trinajstić information content (AvgIpc) is 2.80. The minimum atomic E-state index is 0.798. The highest BCUT2D eigenvalue weighted by atomic mass is 32.1. The molecular weight excluding hydrogens is 240 g/mol. The van der Waals surface area contributed by atoms with Crippen LogP contribution in [0.1, 0.15) is 5.56 Å². The maximum atomic E-state index is 5.75. The van der Waals surface area contributed by atoms with Gasteiger partial charge in [0.25, 0.3) is 0 Å². The Hall–Kier alpha value is -2.00. The number of nitrogen functional groups attached to an aromatic ring is 1. The summed E-state index contributed by atoms with van der Waals surface area (Å²) in [5.74, 6) is 0. The first kappa shape index (κ1) is 11.1. The predicted octanol–water partition coefficient (Wildman–Crippen LogP) is 4.54. The molecule has 0 amide bonds. The standard InChI is InChI=1S/C15H14N2S/c1-10-8-12(16)2-4-14(10)17-13-3-5-15-11(9-13)6-7-18-15/h2-9,17H,16H2,1H3. The summed E-state index contributed by atoms with van der Waals surface area (Å²) in [7, 11) is 0. The van der Waals surface area contributed by atoms with E-state index in [1.807, 2.05) is 18.2 Å². The number of anilines is 3. The number of rotatable bonds is 2. The Labute approximate surface area is 110 Å². The van der Waals surface area contributed by atoms with Crippen molar-refractivity contribution in [1.29, 1.82) is 0 Å². The van der Waals surface area contributed by atoms with Crippen molar-refractivity contribution in [2.45, 2.75) is 6.92 Å². The van der Waals surface area contributed by atoms with Gasteiger partial charge in [-0.1, -0.05) is 0 Å². The molecule has 1 aromatic heterocycles. The van der Waals surface area contributed by atoms with Crippen molar-refractivity contribution in [3.8, 4) is 0 Å². The molecule has 3 rings (SSSR count). The van der Waals surface area contributed by atoms with E-state index in [1.165, 1.54) is 10.1 Å². The number of hydrogen-bond acceptors (Lipinski definition) is 3. The Morgan fingerprint density at radius 1 is 1.06 bits per heavy atom. The molecule has 0 bridgehead atoms. The number of nitrogens with one attached hydrogen (secondary N) is 1. The lowest BCUT2D eigenvalue weighted by Crippen LogP contribution is -1.94. The predicted molar refractivity (Wildman–Crippen MR) is 80.7 cm³/mol. The minimum absolute atomic E-state index is 0.798. The summed E-state index contributed by atoms with van der Waals surface area (Å²) in [6.07, 6.45) is 0. The zero-order valence-corrected chi connectivity index (χ0v) is 10.9. The largest absolute Gasteiger partial charge is 0.399 e. The second kappa shape index (κ2) is 4.35. The fourth-order valence-electron chi connectivity index (χ4n) is 2.03. The molecule has 3 N–H and O–H groups in total. The maximum Gasteiger partial charge on any atom is 0.0415 e. The van der Waals surface area contributed by atoms with E-state index >= 15 is 0 Å². The first-order valence-corrected chi connectivity index (χ1v) is 6.71. The summed E-state index contributed by atoms with van der Waals surface area (Å²) < 4.78 is 1.31. The number of thiophene rings is 1. The monoisotopic (exact) mass is 254 g/mol. The van der Waals surface area contributed by atoms with Gasteiger partial charge in [-0.15, -0.1) is 11.3 Å². The molecule has 0 unspecified atom stereocenters. The van der Waals surface area contributed by atoms with E-state index in [0.717, 1.165) is 22.6 Å². The molecule has 0 saturated carbocycles. The SMILES string of the molecule is Cc1cc(N)ccc1Nc1ccc2sccc2c1. The number of benzene rings is 2. The van der Waals surface area contributed by atoms with Crippen LogP contribution in [0, 0.1) is 6.92 Å². The van der Waals surface area contributed by atoms with E-state index in [1.54, 1.807) is 11.3 Å².